The second kappa shape index (κ2) is 6.76. The lowest BCUT2D eigenvalue weighted by Gasteiger charge is -2.36. The molecular formula is C17H24N6OS. The Morgan fingerprint density at radius 2 is 2.24 bits per heavy atom. The number of carbonyl (C=O) groups excluding carboxylic acids is 1. The summed E-state index contributed by atoms with van der Waals surface area (Å²) in [4.78, 5) is 21.8. The van der Waals surface area contributed by atoms with Crippen LogP contribution in [0.2, 0.25) is 0 Å². The van der Waals surface area contributed by atoms with Gasteiger partial charge in [0.25, 0.3) is 0 Å². The molecule has 0 aliphatic carbocycles. The van der Waals surface area contributed by atoms with E-state index < -0.39 is 0 Å². The molecule has 2 aromatic heterocycles. The highest BCUT2D eigenvalue weighted by Crippen LogP contribution is 2.29. The van der Waals surface area contributed by atoms with Gasteiger partial charge in [-0.3, -0.25) is 9.69 Å². The summed E-state index contributed by atoms with van der Waals surface area (Å²) in [7, 11) is 0. The van der Waals surface area contributed by atoms with Crippen LogP contribution in [0.25, 0.3) is 0 Å². The molecule has 0 saturated carbocycles. The third-order valence-corrected chi connectivity index (χ3v) is 5.83. The average molecular weight is 360 g/mol. The monoisotopic (exact) mass is 360 g/mol. The van der Waals surface area contributed by atoms with Crippen molar-refractivity contribution < 1.29 is 4.79 Å². The molecule has 0 unspecified atom stereocenters. The zero-order chi connectivity index (χ0) is 17.4. The largest absolute Gasteiger partial charge is 0.384 e. The van der Waals surface area contributed by atoms with E-state index in [1.807, 2.05) is 12.4 Å². The molecule has 3 saturated heterocycles. The highest BCUT2D eigenvalue weighted by Gasteiger charge is 2.37. The minimum atomic E-state index is 0.125. The molecule has 0 spiro atoms. The summed E-state index contributed by atoms with van der Waals surface area (Å²) < 4.78 is 1.61. The van der Waals surface area contributed by atoms with Crippen molar-refractivity contribution >= 4 is 23.1 Å². The topological polar surface area (TPSA) is 80.3 Å². The first kappa shape index (κ1) is 16.5. The Kier molecular flexibility index (Phi) is 4.47. The molecule has 5 heterocycles. The minimum Gasteiger partial charge on any atom is -0.384 e. The van der Waals surface area contributed by atoms with Gasteiger partial charge in [-0.05, 0) is 25.7 Å². The van der Waals surface area contributed by atoms with Crippen LogP contribution in [-0.4, -0.2) is 56.1 Å². The number of anilines is 1. The molecule has 0 aromatic carbocycles. The molecule has 3 aliphatic heterocycles. The SMILES string of the molecule is Cc1cc(N)n(CC(=O)N2C[C@H]3CC[C@@H]2CN(Cc2cscn2)C3)n1. The molecule has 2 aromatic rings. The van der Waals surface area contributed by atoms with Gasteiger partial charge in [-0.25, -0.2) is 9.67 Å². The van der Waals surface area contributed by atoms with Gasteiger partial charge in [-0.1, -0.05) is 0 Å². The molecular weight excluding hydrogens is 336 g/mol. The van der Waals surface area contributed by atoms with E-state index in [0.717, 1.165) is 44.0 Å². The molecule has 25 heavy (non-hydrogen) atoms. The van der Waals surface area contributed by atoms with Gasteiger partial charge in [0.05, 0.1) is 16.9 Å². The zero-order valence-electron chi connectivity index (χ0n) is 14.5. The lowest BCUT2D eigenvalue weighted by Crippen LogP contribution is -2.48. The summed E-state index contributed by atoms with van der Waals surface area (Å²) in [6.07, 6.45) is 2.28. The van der Waals surface area contributed by atoms with Crippen LogP contribution in [-0.2, 0) is 17.9 Å². The maximum Gasteiger partial charge on any atom is 0.244 e. The molecule has 2 atom stereocenters. The molecule has 3 fully saturated rings. The molecule has 2 N–H and O–H groups in total. The third kappa shape index (κ3) is 3.55. The fourth-order valence-electron chi connectivity index (χ4n) is 4.07. The van der Waals surface area contributed by atoms with E-state index in [2.05, 4.69) is 25.3 Å². The number of nitrogens with two attached hydrogens (primary N) is 1. The van der Waals surface area contributed by atoms with Crippen LogP contribution in [0.3, 0.4) is 0 Å². The number of hydrogen-bond donors (Lipinski definition) is 1. The van der Waals surface area contributed by atoms with Crippen molar-refractivity contribution in [3.63, 3.8) is 0 Å². The van der Waals surface area contributed by atoms with Crippen molar-refractivity contribution in [3.05, 3.63) is 28.3 Å². The van der Waals surface area contributed by atoms with Crippen LogP contribution in [0.5, 0.6) is 0 Å². The lowest BCUT2D eigenvalue weighted by atomic mass is 9.95. The van der Waals surface area contributed by atoms with Gasteiger partial charge in [-0.15, -0.1) is 11.3 Å². The van der Waals surface area contributed by atoms with E-state index in [1.165, 1.54) is 6.42 Å². The van der Waals surface area contributed by atoms with Crippen LogP contribution >= 0.6 is 11.3 Å². The molecule has 2 bridgehead atoms. The summed E-state index contributed by atoms with van der Waals surface area (Å²) in [5, 5.41) is 6.43. The number of aryl methyl sites for hydroxylation is 1. The van der Waals surface area contributed by atoms with Crippen LogP contribution in [0.1, 0.15) is 24.2 Å². The highest BCUT2D eigenvalue weighted by molar-refractivity contribution is 7.07. The number of thiazole rings is 1. The number of hydrogen-bond acceptors (Lipinski definition) is 6. The maximum absolute atomic E-state index is 12.9. The van der Waals surface area contributed by atoms with Crippen LogP contribution in [0, 0.1) is 12.8 Å². The number of rotatable bonds is 4. The van der Waals surface area contributed by atoms with Crippen molar-refractivity contribution in [1.29, 1.82) is 0 Å². The Labute approximate surface area is 151 Å². The van der Waals surface area contributed by atoms with Crippen molar-refractivity contribution in [2.24, 2.45) is 5.92 Å². The second-order valence-corrected chi connectivity index (χ2v) is 7.90. The molecule has 3 aliphatic rings. The molecule has 5 rings (SSSR count). The standard InChI is InChI=1S/C17H24N6OS/c1-12-4-16(18)23(20-12)9-17(24)22-6-13-2-3-15(22)8-21(5-13)7-14-10-25-11-19-14/h4,10-11,13,15H,2-3,5-9,18H2,1H3/t13-,15+/m0/s1. The highest BCUT2D eigenvalue weighted by atomic mass is 32.1. The quantitative estimate of drug-likeness (QED) is 0.890. The van der Waals surface area contributed by atoms with E-state index in [0.29, 0.717) is 11.7 Å². The first-order chi connectivity index (χ1) is 12.1. The second-order valence-electron chi connectivity index (χ2n) is 7.19. The molecule has 0 radical (unpaired) electrons. The number of piperidine rings is 1. The van der Waals surface area contributed by atoms with Crippen molar-refractivity contribution in [2.75, 3.05) is 25.4 Å². The number of aromatic nitrogens is 3. The van der Waals surface area contributed by atoms with E-state index in [4.69, 9.17) is 5.73 Å². The molecule has 8 heteroatoms. The van der Waals surface area contributed by atoms with E-state index in [9.17, 15) is 4.79 Å². The Morgan fingerprint density at radius 1 is 1.36 bits per heavy atom. The Balaban J connectivity index is 1.44. The van der Waals surface area contributed by atoms with Gasteiger partial charge in [-0.2, -0.15) is 5.10 Å². The van der Waals surface area contributed by atoms with Crippen molar-refractivity contribution in [2.45, 2.75) is 38.9 Å². The van der Waals surface area contributed by atoms with Gasteiger partial charge in [0.1, 0.15) is 12.4 Å². The fourth-order valence-corrected chi connectivity index (χ4v) is 4.62. The molecule has 1 amide bonds. The van der Waals surface area contributed by atoms with Crippen molar-refractivity contribution in [1.82, 2.24) is 24.6 Å². The van der Waals surface area contributed by atoms with Crippen LogP contribution in [0.15, 0.2) is 17.0 Å². The van der Waals surface area contributed by atoms with E-state index in [1.54, 1.807) is 22.1 Å². The predicted molar refractivity (Wildman–Crippen MR) is 97.0 cm³/mol. The Morgan fingerprint density at radius 3 is 2.96 bits per heavy atom. The summed E-state index contributed by atoms with van der Waals surface area (Å²) in [5.41, 5.74) is 9.80. The summed E-state index contributed by atoms with van der Waals surface area (Å²) in [5.74, 6) is 1.22. The fraction of sp³-hybridized carbons (Fsp3) is 0.588. The maximum atomic E-state index is 12.9. The smallest absolute Gasteiger partial charge is 0.244 e. The normalized spacial score (nSPS) is 23.8. The van der Waals surface area contributed by atoms with Crippen LogP contribution < -0.4 is 5.73 Å². The summed E-state index contributed by atoms with van der Waals surface area (Å²) in [6, 6.07) is 2.08. The Bertz CT molecular complexity index is 742. The number of carbonyl (C=O) groups is 1. The Hall–Kier alpha value is -1.93. The van der Waals surface area contributed by atoms with E-state index in [-0.39, 0.29) is 18.5 Å². The van der Waals surface area contributed by atoms with Gasteiger partial charge < -0.3 is 10.6 Å². The van der Waals surface area contributed by atoms with Crippen molar-refractivity contribution in [3.8, 4) is 0 Å². The lowest BCUT2D eigenvalue weighted by molar-refractivity contribution is -0.136. The number of fused-ring (bicyclic) bond motifs is 4. The summed E-state index contributed by atoms with van der Waals surface area (Å²) >= 11 is 1.64. The van der Waals surface area contributed by atoms with Gasteiger partial charge in [0.2, 0.25) is 5.91 Å². The predicted octanol–water partition coefficient (Wildman–Crippen LogP) is 1.35. The molecule has 134 valence electrons. The van der Waals surface area contributed by atoms with Gasteiger partial charge >= 0.3 is 0 Å². The number of amides is 1. The first-order valence-corrected chi connectivity index (χ1v) is 9.71. The first-order valence-electron chi connectivity index (χ1n) is 8.77. The van der Waals surface area contributed by atoms with Gasteiger partial charge in [0, 0.05) is 43.7 Å². The van der Waals surface area contributed by atoms with Crippen LogP contribution in [0.4, 0.5) is 5.82 Å². The third-order valence-electron chi connectivity index (χ3n) is 5.20. The van der Waals surface area contributed by atoms with E-state index >= 15 is 0 Å². The summed E-state index contributed by atoms with van der Waals surface area (Å²) in [6.45, 7) is 5.81. The number of nitrogen functional groups attached to an aromatic ring is 1. The van der Waals surface area contributed by atoms with Gasteiger partial charge in [0.15, 0.2) is 0 Å². The minimum absolute atomic E-state index is 0.125. The zero-order valence-corrected chi connectivity index (χ0v) is 15.3. The average Bonchev–Trinajstić information content (AvgIpc) is 3.08. The molecule has 7 nitrogen and oxygen atoms in total. The number of nitrogens with zero attached hydrogens (tertiary/aromatic N) is 5.